The number of hydrogen-bond acceptors (Lipinski definition) is 4. The predicted octanol–water partition coefficient (Wildman–Crippen LogP) is 12.2. The molecule has 3 aliphatic carbocycles. The summed E-state index contributed by atoms with van der Waals surface area (Å²) < 4.78 is 0. The fourth-order valence-corrected chi connectivity index (χ4v) is 11.2. The Balaban J connectivity index is 1.23. The minimum absolute atomic E-state index is 0.243. The lowest BCUT2D eigenvalue weighted by atomic mass is 9.54. The Kier molecular flexibility index (Phi) is 8.29. The van der Waals surface area contributed by atoms with Gasteiger partial charge in [0.2, 0.25) is 0 Å². The van der Waals surface area contributed by atoms with Gasteiger partial charge in [-0.05, 0) is 106 Å². The van der Waals surface area contributed by atoms with Crippen LogP contribution in [0.25, 0.3) is 45.3 Å². The Morgan fingerprint density at radius 3 is 1.80 bits per heavy atom. The minimum atomic E-state index is -0.636. The van der Waals surface area contributed by atoms with Crippen LogP contribution in [0.3, 0.4) is 0 Å². The van der Waals surface area contributed by atoms with Gasteiger partial charge in [0.15, 0.2) is 17.5 Å². The molecule has 1 aromatic heterocycles. The molecule has 7 aromatic rings. The van der Waals surface area contributed by atoms with E-state index in [9.17, 15) is 5.26 Å². The van der Waals surface area contributed by atoms with Crippen molar-refractivity contribution in [1.29, 1.82) is 5.26 Å². The van der Waals surface area contributed by atoms with Gasteiger partial charge < -0.3 is 0 Å². The summed E-state index contributed by atoms with van der Waals surface area (Å²) in [5, 5.41) is 9.79. The van der Waals surface area contributed by atoms with Gasteiger partial charge in [0.25, 0.3) is 0 Å². The lowest BCUT2D eigenvalue weighted by Gasteiger charge is -2.50. The van der Waals surface area contributed by atoms with Crippen molar-refractivity contribution in [3.63, 3.8) is 0 Å². The molecule has 2 saturated carbocycles. The van der Waals surface area contributed by atoms with E-state index in [-0.39, 0.29) is 5.41 Å². The quantitative estimate of drug-likeness (QED) is 0.171. The van der Waals surface area contributed by atoms with E-state index in [1.807, 2.05) is 54.6 Å². The lowest BCUT2D eigenvalue weighted by Crippen LogP contribution is -2.42. The molecule has 1 heterocycles. The minimum Gasteiger partial charge on any atom is -0.208 e. The van der Waals surface area contributed by atoms with E-state index in [0.717, 1.165) is 34.4 Å². The van der Waals surface area contributed by atoms with Gasteiger partial charge in [0.1, 0.15) is 0 Å². The second kappa shape index (κ2) is 13.5. The summed E-state index contributed by atoms with van der Waals surface area (Å²) in [5.74, 6) is 4.06. The van der Waals surface area contributed by atoms with Gasteiger partial charge in [0.05, 0.1) is 17.0 Å². The molecular weight excluding hydrogens is 681 g/mol. The number of fused-ring (bicyclic) bond motifs is 5. The summed E-state index contributed by atoms with van der Waals surface area (Å²) >= 11 is 0. The lowest BCUT2D eigenvalue weighted by molar-refractivity contribution is 0.0780. The van der Waals surface area contributed by atoms with Crippen LogP contribution in [0.5, 0.6) is 0 Å². The monoisotopic (exact) mass is 724 g/mol. The first-order valence-corrected chi connectivity index (χ1v) is 20.2. The third kappa shape index (κ3) is 5.52. The van der Waals surface area contributed by atoms with E-state index in [4.69, 9.17) is 15.0 Å². The number of hydrogen-bond donors (Lipinski definition) is 0. The van der Waals surface area contributed by atoms with Crippen LogP contribution in [0.1, 0.15) is 79.3 Å². The zero-order valence-corrected chi connectivity index (χ0v) is 32.0. The fraction of sp³-hybridized carbons (Fsp3) is 0.231. The van der Waals surface area contributed by atoms with Gasteiger partial charge in [-0.3, -0.25) is 0 Å². The maximum absolute atomic E-state index is 9.79. The third-order valence-corrected chi connectivity index (χ3v) is 13.0. The molecule has 2 unspecified atom stereocenters. The molecule has 0 spiro atoms. The maximum atomic E-state index is 9.79. The van der Waals surface area contributed by atoms with Crippen molar-refractivity contribution in [2.45, 2.75) is 56.8 Å². The molecule has 10 rings (SSSR count). The second-order valence-electron chi connectivity index (χ2n) is 16.8. The van der Waals surface area contributed by atoms with E-state index in [2.05, 4.69) is 117 Å². The average molecular weight is 725 g/mol. The summed E-state index contributed by atoms with van der Waals surface area (Å²) in [4.78, 5) is 15.5. The van der Waals surface area contributed by atoms with Gasteiger partial charge >= 0.3 is 0 Å². The van der Waals surface area contributed by atoms with Crippen molar-refractivity contribution in [2.75, 3.05) is 0 Å². The Labute approximate surface area is 330 Å². The largest absolute Gasteiger partial charge is 0.208 e. The Morgan fingerprint density at radius 2 is 1.07 bits per heavy atom. The van der Waals surface area contributed by atoms with E-state index in [1.54, 1.807) is 0 Å². The van der Waals surface area contributed by atoms with Crippen LogP contribution in [-0.2, 0) is 10.8 Å². The summed E-state index contributed by atoms with van der Waals surface area (Å²) in [6.45, 7) is 4.94. The van der Waals surface area contributed by atoms with Crippen LogP contribution in [0, 0.1) is 29.1 Å². The van der Waals surface area contributed by atoms with Crippen molar-refractivity contribution < 1.29 is 0 Å². The molecule has 3 aliphatic rings. The number of nitriles is 1. The van der Waals surface area contributed by atoms with Gasteiger partial charge in [-0.25, -0.2) is 15.0 Å². The first kappa shape index (κ1) is 34.3. The van der Waals surface area contributed by atoms with Crippen LogP contribution in [0.2, 0.25) is 0 Å². The summed E-state index contributed by atoms with van der Waals surface area (Å²) in [7, 11) is 0. The molecule has 0 saturated heterocycles. The molecule has 4 heteroatoms. The van der Waals surface area contributed by atoms with Crippen LogP contribution in [0.4, 0.5) is 0 Å². The highest BCUT2D eigenvalue weighted by Gasteiger charge is 2.49. The van der Waals surface area contributed by atoms with Gasteiger partial charge in [-0.15, -0.1) is 0 Å². The highest BCUT2D eigenvalue weighted by atomic mass is 15.0. The Morgan fingerprint density at radius 1 is 0.518 bits per heavy atom. The maximum Gasteiger partial charge on any atom is 0.164 e. The number of benzene rings is 6. The number of rotatable bonds is 6. The highest BCUT2D eigenvalue weighted by Crippen LogP contribution is 2.59. The SMILES string of the molecule is C[C@@H]1C[C@@H]2C[C@H](C)CC(c3ccc(C4(c5ccccc5)c5ccccc5-c5cccc(-c6nc(-c7ccccc7)nc(-c7cccc(C#N)c7)n6)c54)cc3)(C1)C2. The van der Waals surface area contributed by atoms with Crippen LogP contribution >= 0.6 is 0 Å². The molecule has 2 fully saturated rings. The molecule has 0 amide bonds. The standard InChI is InChI=1S/C52H44N4/c1-34-27-37-28-35(2)31-51(30-34,32-37)40-23-25-42(26-24-40)52(41-17-7-4-8-18-41)46-22-10-9-19-43(46)44-20-12-21-45(47(44)52)50-55-48(38-14-5-3-6-15-38)54-49(56-50)39-16-11-13-36(29-39)33-53/h3-26,29,34-35,37H,27-28,30-32H2,1-2H3/t34-,35+,37-,51?,52?. The predicted molar refractivity (Wildman–Crippen MR) is 225 cm³/mol. The normalized spacial score (nSPS) is 23.5. The van der Waals surface area contributed by atoms with Crippen molar-refractivity contribution >= 4 is 0 Å². The molecule has 2 bridgehead atoms. The van der Waals surface area contributed by atoms with Gasteiger partial charge in [0, 0.05) is 16.7 Å². The molecule has 6 aromatic carbocycles. The molecule has 0 N–H and O–H groups in total. The first-order chi connectivity index (χ1) is 27.4. The molecule has 0 radical (unpaired) electrons. The third-order valence-electron chi connectivity index (χ3n) is 13.0. The van der Waals surface area contributed by atoms with E-state index in [1.165, 1.54) is 71.0 Å². The fourth-order valence-electron chi connectivity index (χ4n) is 11.2. The van der Waals surface area contributed by atoms with Gasteiger partial charge in [-0.2, -0.15) is 5.26 Å². The Bertz CT molecular complexity index is 2600. The molecule has 56 heavy (non-hydrogen) atoms. The first-order valence-electron chi connectivity index (χ1n) is 20.2. The Hall–Kier alpha value is -6.18. The molecule has 0 aliphatic heterocycles. The van der Waals surface area contributed by atoms with Crippen LogP contribution < -0.4 is 0 Å². The van der Waals surface area contributed by atoms with Crippen molar-refractivity contribution in [1.82, 2.24) is 15.0 Å². The summed E-state index contributed by atoms with van der Waals surface area (Å²) in [6.07, 6.45) is 6.59. The van der Waals surface area contributed by atoms with E-state index >= 15 is 0 Å². The van der Waals surface area contributed by atoms with E-state index < -0.39 is 5.41 Å². The topological polar surface area (TPSA) is 62.5 Å². The zero-order valence-electron chi connectivity index (χ0n) is 32.0. The van der Waals surface area contributed by atoms with Gasteiger partial charge in [-0.1, -0.05) is 153 Å². The molecule has 4 nitrogen and oxygen atoms in total. The second-order valence-corrected chi connectivity index (χ2v) is 16.8. The van der Waals surface area contributed by atoms with Crippen molar-refractivity contribution in [3.8, 4) is 51.4 Å². The average Bonchev–Trinajstić information content (AvgIpc) is 3.55. The zero-order chi connectivity index (χ0) is 37.9. The summed E-state index contributed by atoms with van der Waals surface area (Å²) in [5.41, 5.74) is 11.6. The molecule has 5 atom stereocenters. The number of nitrogens with zero attached hydrogens (tertiary/aromatic N) is 4. The van der Waals surface area contributed by atoms with E-state index in [0.29, 0.717) is 23.0 Å². The number of aromatic nitrogens is 3. The smallest absolute Gasteiger partial charge is 0.164 e. The molecule has 272 valence electrons. The van der Waals surface area contributed by atoms with Crippen molar-refractivity contribution in [2.24, 2.45) is 17.8 Å². The van der Waals surface area contributed by atoms with Crippen LogP contribution in [0.15, 0.2) is 152 Å². The van der Waals surface area contributed by atoms with Crippen LogP contribution in [-0.4, -0.2) is 15.0 Å². The van der Waals surface area contributed by atoms with Crippen molar-refractivity contribution in [3.05, 3.63) is 185 Å². The summed E-state index contributed by atoms with van der Waals surface area (Å²) in [6, 6.07) is 56.3. The highest BCUT2D eigenvalue weighted by molar-refractivity contribution is 5.92. The molecular formula is C52H44N4.